The summed E-state index contributed by atoms with van der Waals surface area (Å²) in [5.41, 5.74) is 0.582. The summed E-state index contributed by atoms with van der Waals surface area (Å²) in [5.74, 6) is -0.0533. The van der Waals surface area contributed by atoms with Gasteiger partial charge in [0.1, 0.15) is 0 Å². The average Bonchev–Trinajstić information content (AvgIpc) is 2.16. The summed E-state index contributed by atoms with van der Waals surface area (Å²) in [7, 11) is 0. The summed E-state index contributed by atoms with van der Waals surface area (Å²) in [4.78, 5) is 12.4. The fourth-order valence-electron chi connectivity index (χ4n) is 2.42. The van der Waals surface area contributed by atoms with Crippen molar-refractivity contribution in [3.63, 3.8) is 0 Å². The summed E-state index contributed by atoms with van der Waals surface area (Å²) in [6.07, 6.45) is 0.914. The first kappa shape index (κ1) is 16.7. The standard InChI is InChI=1S/C15H21Br2NO/c1-14(2,3)9-15(4,5)18-13(19)11-8-10(16)6-7-12(11)17/h6-8H,9H2,1-5H3,(H,18,19). The first-order valence-electron chi connectivity index (χ1n) is 6.28. The molecule has 0 aromatic heterocycles. The lowest BCUT2D eigenvalue weighted by atomic mass is 9.81. The van der Waals surface area contributed by atoms with Crippen LogP contribution in [0.25, 0.3) is 0 Å². The Hall–Kier alpha value is -0.350. The van der Waals surface area contributed by atoms with Crippen LogP contribution in [0.2, 0.25) is 0 Å². The summed E-state index contributed by atoms with van der Waals surface area (Å²) in [5, 5.41) is 3.11. The Morgan fingerprint density at radius 2 is 1.74 bits per heavy atom. The van der Waals surface area contributed by atoms with Gasteiger partial charge in [0.15, 0.2) is 0 Å². The molecule has 1 rings (SSSR count). The molecule has 0 aliphatic heterocycles. The number of carbonyl (C=O) groups excluding carboxylic acids is 1. The molecule has 0 unspecified atom stereocenters. The predicted octanol–water partition coefficient (Wildman–Crippen LogP) is 5.16. The molecule has 0 aliphatic carbocycles. The molecule has 1 aromatic rings. The van der Waals surface area contributed by atoms with Crippen molar-refractivity contribution in [3.05, 3.63) is 32.7 Å². The quantitative estimate of drug-likeness (QED) is 0.758. The van der Waals surface area contributed by atoms with Crippen LogP contribution in [-0.2, 0) is 0 Å². The van der Waals surface area contributed by atoms with Crippen molar-refractivity contribution in [2.75, 3.05) is 0 Å². The van der Waals surface area contributed by atoms with Crippen molar-refractivity contribution in [1.82, 2.24) is 5.32 Å². The number of hydrogen-bond donors (Lipinski definition) is 1. The van der Waals surface area contributed by atoms with Crippen molar-refractivity contribution in [2.24, 2.45) is 5.41 Å². The van der Waals surface area contributed by atoms with Crippen LogP contribution in [-0.4, -0.2) is 11.4 Å². The fraction of sp³-hybridized carbons (Fsp3) is 0.533. The van der Waals surface area contributed by atoms with E-state index >= 15 is 0 Å². The monoisotopic (exact) mass is 389 g/mol. The molecular weight excluding hydrogens is 370 g/mol. The second kappa shape index (κ2) is 5.96. The predicted molar refractivity (Wildman–Crippen MR) is 87.5 cm³/mol. The molecule has 0 atom stereocenters. The second-order valence-corrected chi connectivity index (χ2v) is 8.47. The lowest BCUT2D eigenvalue weighted by molar-refractivity contribution is 0.0890. The number of halogens is 2. The third-order valence-electron chi connectivity index (χ3n) is 2.60. The van der Waals surface area contributed by atoms with Gasteiger partial charge in [-0.3, -0.25) is 4.79 Å². The van der Waals surface area contributed by atoms with Gasteiger partial charge in [-0.25, -0.2) is 0 Å². The highest BCUT2D eigenvalue weighted by Gasteiger charge is 2.27. The molecule has 0 saturated carbocycles. The fourth-order valence-corrected chi connectivity index (χ4v) is 3.20. The Bertz CT molecular complexity index is 476. The van der Waals surface area contributed by atoms with Crippen LogP contribution in [0.3, 0.4) is 0 Å². The number of nitrogens with one attached hydrogen (secondary N) is 1. The molecule has 19 heavy (non-hydrogen) atoms. The van der Waals surface area contributed by atoms with Crippen LogP contribution >= 0.6 is 31.9 Å². The van der Waals surface area contributed by atoms with Gasteiger partial charge in [0.2, 0.25) is 0 Å². The summed E-state index contributed by atoms with van der Waals surface area (Å²) >= 11 is 6.81. The molecule has 0 heterocycles. The molecule has 1 amide bonds. The van der Waals surface area contributed by atoms with E-state index < -0.39 is 0 Å². The minimum atomic E-state index is -0.239. The van der Waals surface area contributed by atoms with Crippen LogP contribution < -0.4 is 5.32 Å². The molecule has 0 aliphatic rings. The van der Waals surface area contributed by atoms with Crippen molar-refractivity contribution in [3.8, 4) is 0 Å². The van der Waals surface area contributed by atoms with E-state index in [0.717, 1.165) is 15.4 Å². The minimum Gasteiger partial charge on any atom is -0.347 e. The van der Waals surface area contributed by atoms with E-state index in [1.165, 1.54) is 0 Å². The van der Waals surface area contributed by atoms with Crippen LogP contribution in [0, 0.1) is 5.41 Å². The lowest BCUT2D eigenvalue weighted by Gasteiger charge is -2.33. The highest BCUT2D eigenvalue weighted by Crippen LogP contribution is 2.28. The topological polar surface area (TPSA) is 29.1 Å². The van der Waals surface area contributed by atoms with Crippen molar-refractivity contribution >= 4 is 37.8 Å². The summed E-state index contributed by atoms with van der Waals surface area (Å²) < 4.78 is 1.70. The third kappa shape index (κ3) is 5.65. The number of hydrogen-bond acceptors (Lipinski definition) is 1. The molecule has 106 valence electrons. The zero-order valence-corrected chi connectivity index (χ0v) is 15.3. The van der Waals surface area contributed by atoms with Gasteiger partial charge < -0.3 is 5.32 Å². The number of rotatable bonds is 3. The van der Waals surface area contributed by atoms with Crippen LogP contribution in [0.4, 0.5) is 0 Å². The molecule has 0 saturated heterocycles. The van der Waals surface area contributed by atoms with Gasteiger partial charge in [-0.05, 0) is 59.8 Å². The normalized spacial score (nSPS) is 12.4. The zero-order valence-electron chi connectivity index (χ0n) is 12.1. The summed E-state index contributed by atoms with van der Waals surface area (Å²) in [6, 6.07) is 5.60. The van der Waals surface area contributed by atoms with E-state index in [2.05, 4.69) is 71.8 Å². The summed E-state index contributed by atoms with van der Waals surface area (Å²) in [6.45, 7) is 10.6. The highest BCUT2D eigenvalue weighted by molar-refractivity contribution is 9.11. The Kier molecular flexibility index (Phi) is 5.24. The van der Waals surface area contributed by atoms with Crippen molar-refractivity contribution in [1.29, 1.82) is 0 Å². The molecule has 4 heteroatoms. The molecule has 1 N–H and O–H groups in total. The Balaban J connectivity index is 2.87. The SMILES string of the molecule is CC(C)(C)CC(C)(C)NC(=O)c1cc(Br)ccc1Br. The first-order chi connectivity index (χ1) is 8.50. The molecule has 0 bridgehead atoms. The van der Waals surface area contributed by atoms with Crippen LogP contribution in [0.15, 0.2) is 27.1 Å². The Labute approximate surface area is 132 Å². The van der Waals surface area contributed by atoms with Gasteiger partial charge in [-0.2, -0.15) is 0 Å². The number of carbonyl (C=O) groups is 1. The second-order valence-electron chi connectivity index (χ2n) is 6.70. The van der Waals surface area contributed by atoms with Gasteiger partial charge in [-0.1, -0.05) is 36.7 Å². The maximum absolute atomic E-state index is 12.4. The molecule has 2 nitrogen and oxygen atoms in total. The smallest absolute Gasteiger partial charge is 0.252 e. The van der Waals surface area contributed by atoms with E-state index in [4.69, 9.17) is 0 Å². The first-order valence-corrected chi connectivity index (χ1v) is 7.86. The van der Waals surface area contributed by atoms with E-state index in [0.29, 0.717) is 5.56 Å². The van der Waals surface area contributed by atoms with E-state index in [1.54, 1.807) is 0 Å². The van der Waals surface area contributed by atoms with E-state index in [9.17, 15) is 4.79 Å². The van der Waals surface area contributed by atoms with Gasteiger partial charge >= 0.3 is 0 Å². The highest BCUT2D eigenvalue weighted by atomic mass is 79.9. The molecular formula is C15H21Br2NO. The van der Waals surface area contributed by atoms with Crippen molar-refractivity contribution in [2.45, 2.75) is 46.6 Å². The third-order valence-corrected chi connectivity index (χ3v) is 3.78. The molecule has 0 radical (unpaired) electrons. The Morgan fingerprint density at radius 1 is 1.16 bits per heavy atom. The van der Waals surface area contributed by atoms with E-state index in [-0.39, 0.29) is 16.9 Å². The van der Waals surface area contributed by atoms with Crippen LogP contribution in [0.1, 0.15) is 51.4 Å². The van der Waals surface area contributed by atoms with Gasteiger partial charge in [0.25, 0.3) is 5.91 Å². The molecule has 1 aromatic carbocycles. The van der Waals surface area contributed by atoms with Gasteiger partial charge in [0.05, 0.1) is 5.56 Å². The van der Waals surface area contributed by atoms with Crippen LogP contribution in [0.5, 0.6) is 0 Å². The van der Waals surface area contributed by atoms with Gasteiger partial charge in [-0.15, -0.1) is 0 Å². The maximum atomic E-state index is 12.4. The molecule has 0 fully saturated rings. The van der Waals surface area contributed by atoms with Crippen molar-refractivity contribution < 1.29 is 4.79 Å². The zero-order chi connectivity index (χ0) is 14.8. The molecule has 0 spiro atoms. The van der Waals surface area contributed by atoms with Gasteiger partial charge in [0, 0.05) is 14.5 Å². The average molecular weight is 391 g/mol. The lowest BCUT2D eigenvalue weighted by Crippen LogP contribution is -2.45. The number of benzene rings is 1. The number of amides is 1. The van der Waals surface area contributed by atoms with E-state index in [1.807, 2.05) is 18.2 Å². The minimum absolute atomic E-state index is 0.0533. The largest absolute Gasteiger partial charge is 0.347 e. The maximum Gasteiger partial charge on any atom is 0.252 e. The Morgan fingerprint density at radius 3 is 2.26 bits per heavy atom.